The highest BCUT2D eigenvalue weighted by atomic mass is 16.5. The van der Waals surface area contributed by atoms with Gasteiger partial charge in [-0.15, -0.1) is 0 Å². The van der Waals surface area contributed by atoms with E-state index in [4.69, 9.17) is 4.74 Å². The number of aromatic nitrogens is 1. The van der Waals surface area contributed by atoms with Gasteiger partial charge in [0.2, 0.25) is 0 Å². The number of rotatable bonds is 5. The van der Waals surface area contributed by atoms with Crippen LogP contribution in [0, 0.1) is 6.92 Å². The van der Waals surface area contributed by atoms with E-state index >= 15 is 0 Å². The van der Waals surface area contributed by atoms with E-state index < -0.39 is 6.10 Å². The predicted molar refractivity (Wildman–Crippen MR) is 85.5 cm³/mol. The van der Waals surface area contributed by atoms with Crippen molar-refractivity contribution in [3.63, 3.8) is 0 Å². The molecule has 3 nitrogen and oxygen atoms in total. The first-order valence-electron chi connectivity index (χ1n) is 7.34. The van der Waals surface area contributed by atoms with Gasteiger partial charge >= 0.3 is 0 Å². The highest BCUT2D eigenvalue weighted by Gasteiger charge is 2.22. The lowest BCUT2D eigenvalue weighted by Crippen LogP contribution is -2.16. The second-order valence-electron chi connectivity index (χ2n) is 4.35. The topological polar surface area (TPSA) is 39.2 Å². The van der Waals surface area contributed by atoms with Crippen LogP contribution in [0.15, 0.2) is 48.8 Å². The zero-order valence-corrected chi connectivity index (χ0v) is 13.2. The first-order chi connectivity index (χ1) is 10.2. The minimum Gasteiger partial charge on any atom is -0.366 e. The van der Waals surface area contributed by atoms with Crippen LogP contribution in [-0.2, 0) is 4.74 Å². The number of ketones is 1. The van der Waals surface area contributed by atoms with E-state index in [2.05, 4.69) is 4.98 Å². The number of Topliss-reactive ketones (excluding diaryl/α,β-unsaturated/α-hetero) is 1. The van der Waals surface area contributed by atoms with Crippen molar-refractivity contribution in [2.75, 3.05) is 6.61 Å². The van der Waals surface area contributed by atoms with Crippen LogP contribution in [0.25, 0.3) is 0 Å². The van der Waals surface area contributed by atoms with Gasteiger partial charge in [-0.2, -0.15) is 0 Å². The van der Waals surface area contributed by atoms with Crippen LogP contribution < -0.4 is 0 Å². The second kappa shape index (κ2) is 9.03. The fourth-order valence-electron chi connectivity index (χ4n) is 1.90. The number of hydrogen-bond donors (Lipinski definition) is 0. The Balaban J connectivity index is 0.00000106. The summed E-state index contributed by atoms with van der Waals surface area (Å²) in [5.74, 6) is -0.0342. The lowest BCUT2D eigenvalue weighted by Gasteiger charge is -2.16. The third kappa shape index (κ3) is 4.80. The third-order valence-electron chi connectivity index (χ3n) is 2.92. The molecule has 1 atom stereocenters. The molecule has 1 aromatic heterocycles. The molecule has 0 amide bonds. The van der Waals surface area contributed by atoms with E-state index in [0.717, 1.165) is 11.1 Å². The molecule has 0 N–H and O–H groups in total. The van der Waals surface area contributed by atoms with Crippen molar-refractivity contribution >= 4 is 5.78 Å². The van der Waals surface area contributed by atoms with E-state index in [-0.39, 0.29) is 5.78 Å². The number of pyridine rings is 1. The maximum Gasteiger partial charge on any atom is 0.196 e. The number of carbonyl (C=O) groups excluding carboxylic acids is 1. The second-order valence-corrected chi connectivity index (χ2v) is 4.35. The molecule has 0 aliphatic carbocycles. The fraction of sp³-hybridized carbons (Fsp3) is 0.333. The zero-order valence-electron chi connectivity index (χ0n) is 13.2. The lowest BCUT2D eigenvalue weighted by molar-refractivity contribution is 0.0452. The van der Waals surface area contributed by atoms with Crippen LogP contribution >= 0.6 is 0 Å². The Morgan fingerprint density at radius 3 is 2.19 bits per heavy atom. The zero-order chi connectivity index (χ0) is 15.7. The average Bonchev–Trinajstić information content (AvgIpc) is 2.56. The van der Waals surface area contributed by atoms with Crippen LogP contribution in [-0.4, -0.2) is 17.4 Å². The summed E-state index contributed by atoms with van der Waals surface area (Å²) in [6, 6.07) is 11.3. The van der Waals surface area contributed by atoms with Gasteiger partial charge in [-0.05, 0) is 31.5 Å². The van der Waals surface area contributed by atoms with Crippen molar-refractivity contribution in [2.24, 2.45) is 0 Å². The maximum absolute atomic E-state index is 12.5. The molecular weight excluding hydrogens is 262 g/mol. The van der Waals surface area contributed by atoms with E-state index in [9.17, 15) is 4.79 Å². The van der Waals surface area contributed by atoms with Crippen molar-refractivity contribution in [1.29, 1.82) is 0 Å². The van der Waals surface area contributed by atoms with Gasteiger partial charge in [0.25, 0.3) is 0 Å². The summed E-state index contributed by atoms with van der Waals surface area (Å²) in [6.07, 6.45) is 2.68. The Morgan fingerprint density at radius 1 is 1.10 bits per heavy atom. The summed E-state index contributed by atoms with van der Waals surface area (Å²) < 4.78 is 5.61. The Morgan fingerprint density at radius 2 is 1.67 bits per heavy atom. The summed E-state index contributed by atoms with van der Waals surface area (Å²) in [5.41, 5.74) is 2.67. The molecular formula is C18H23NO2. The largest absolute Gasteiger partial charge is 0.366 e. The lowest BCUT2D eigenvalue weighted by atomic mass is 9.99. The van der Waals surface area contributed by atoms with Crippen LogP contribution in [0.4, 0.5) is 0 Å². The SMILES string of the molecule is CC.CCOC(C(=O)c1ccncc1)c1ccc(C)cc1. The molecule has 2 rings (SSSR count). The fourth-order valence-corrected chi connectivity index (χ4v) is 1.90. The van der Waals surface area contributed by atoms with Gasteiger partial charge in [-0.25, -0.2) is 0 Å². The van der Waals surface area contributed by atoms with Crippen LogP contribution in [0.5, 0.6) is 0 Å². The highest BCUT2D eigenvalue weighted by Crippen LogP contribution is 2.22. The van der Waals surface area contributed by atoms with Crippen molar-refractivity contribution in [3.05, 3.63) is 65.5 Å². The normalized spacial score (nSPS) is 11.2. The average molecular weight is 285 g/mol. The van der Waals surface area contributed by atoms with E-state index in [0.29, 0.717) is 12.2 Å². The van der Waals surface area contributed by atoms with Crippen LogP contribution in [0.2, 0.25) is 0 Å². The molecule has 0 aliphatic heterocycles. The number of aryl methyl sites for hydroxylation is 1. The van der Waals surface area contributed by atoms with Crippen LogP contribution in [0.3, 0.4) is 0 Å². The molecule has 2 aromatic rings. The Kier molecular flexibility index (Phi) is 7.33. The molecule has 21 heavy (non-hydrogen) atoms. The summed E-state index contributed by atoms with van der Waals surface area (Å²) >= 11 is 0. The Labute approximate surface area is 127 Å². The molecule has 1 heterocycles. The number of nitrogens with zero attached hydrogens (tertiary/aromatic N) is 1. The molecule has 0 aliphatic rings. The smallest absolute Gasteiger partial charge is 0.196 e. The van der Waals surface area contributed by atoms with Gasteiger partial charge in [0, 0.05) is 24.6 Å². The summed E-state index contributed by atoms with van der Waals surface area (Å²) in [5, 5.41) is 0. The molecule has 0 saturated heterocycles. The van der Waals surface area contributed by atoms with Crippen molar-refractivity contribution in [3.8, 4) is 0 Å². The molecule has 0 saturated carbocycles. The minimum atomic E-state index is -0.548. The number of carbonyl (C=O) groups is 1. The maximum atomic E-state index is 12.5. The van der Waals surface area contributed by atoms with Crippen LogP contribution in [0.1, 0.15) is 48.4 Å². The van der Waals surface area contributed by atoms with Gasteiger partial charge in [-0.3, -0.25) is 9.78 Å². The van der Waals surface area contributed by atoms with Gasteiger partial charge in [-0.1, -0.05) is 43.7 Å². The van der Waals surface area contributed by atoms with Gasteiger partial charge < -0.3 is 4.74 Å². The van der Waals surface area contributed by atoms with Gasteiger partial charge in [0.15, 0.2) is 5.78 Å². The molecule has 0 spiro atoms. The van der Waals surface area contributed by atoms with Gasteiger partial charge in [0.1, 0.15) is 6.10 Å². The Hall–Kier alpha value is -2.00. The first kappa shape index (κ1) is 17.1. The van der Waals surface area contributed by atoms with Crippen molar-refractivity contribution < 1.29 is 9.53 Å². The van der Waals surface area contributed by atoms with E-state index in [1.54, 1.807) is 24.5 Å². The molecule has 3 heteroatoms. The summed E-state index contributed by atoms with van der Waals surface area (Å²) in [4.78, 5) is 16.4. The number of benzene rings is 1. The molecule has 0 bridgehead atoms. The number of ether oxygens (including phenoxy) is 1. The predicted octanol–water partition coefficient (Wildman–Crippen LogP) is 4.38. The molecule has 112 valence electrons. The summed E-state index contributed by atoms with van der Waals surface area (Å²) in [6.45, 7) is 8.40. The highest BCUT2D eigenvalue weighted by molar-refractivity contribution is 5.99. The minimum absolute atomic E-state index is 0.0342. The van der Waals surface area contributed by atoms with Crippen molar-refractivity contribution in [1.82, 2.24) is 4.98 Å². The summed E-state index contributed by atoms with van der Waals surface area (Å²) in [7, 11) is 0. The molecule has 0 fully saturated rings. The molecule has 1 unspecified atom stereocenters. The Bertz CT molecular complexity index is 535. The molecule has 1 aromatic carbocycles. The van der Waals surface area contributed by atoms with E-state index in [1.807, 2.05) is 52.0 Å². The monoisotopic (exact) mass is 285 g/mol. The standard InChI is InChI=1S/C16H17NO2.C2H6/c1-3-19-16(14-6-4-12(2)5-7-14)15(18)13-8-10-17-11-9-13;1-2/h4-11,16H,3H2,1-2H3;1-2H3. The molecule has 0 radical (unpaired) electrons. The van der Waals surface area contributed by atoms with Crippen molar-refractivity contribution in [2.45, 2.75) is 33.8 Å². The number of hydrogen-bond acceptors (Lipinski definition) is 3. The quantitative estimate of drug-likeness (QED) is 0.765. The van der Waals surface area contributed by atoms with E-state index in [1.165, 1.54) is 0 Å². The third-order valence-corrected chi connectivity index (χ3v) is 2.92. The first-order valence-corrected chi connectivity index (χ1v) is 7.34. The van der Waals surface area contributed by atoms with Gasteiger partial charge in [0.05, 0.1) is 0 Å².